The van der Waals surface area contributed by atoms with Crippen molar-refractivity contribution in [2.75, 3.05) is 23.3 Å². The number of nitrogens with one attached hydrogen (secondary N) is 2. The third kappa shape index (κ3) is 3.12. The summed E-state index contributed by atoms with van der Waals surface area (Å²) < 4.78 is 1.62. The molecule has 0 aliphatic carbocycles. The van der Waals surface area contributed by atoms with Gasteiger partial charge in [0, 0.05) is 30.0 Å². The molecule has 0 radical (unpaired) electrons. The van der Waals surface area contributed by atoms with Crippen molar-refractivity contribution in [2.45, 2.75) is 0 Å². The second kappa shape index (κ2) is 6.67. The Kier molecular flexibility index (Phi) is 4.06. The number of nitrogens with zero attached hydrogens (tertiary/aromatic N) is 4. The lowest BCUT2D eigenvalue weighted by atomic mass is 10.2. The number of hydrogen-bond donors (Lipinski definition) is 2. The summed E-state index contributed by atoms with van der Waals surface area (Å²) in [7, 11) is 0. The first-order valence-electron chi connectivity index (χ1n) is 8.12. The minimum absolute atomic E-state index is 0.103. The molecular weight excluding hydrogens is 332 g/mol. The Morgan fingerprint density at radius 1 is 1.04 bits per heavy atom. The van der Waals surface area contributed by atoms with Gasteiger partial charge in [-0.15, -0.1) is 0 Å². The molecule has 1 aliphatic heterocycles. The number of urea groups is 1. The number of carbonyl (C=O) groups is 2. The third-order valence-electron chi connectivity index (χ3n) is 4.11. The van der Waals surface area contributed by atoms with E-state index in [0.29, 0.717) is 24.3 Å². The zero-order valence-corrected chi connectivity index (χ0v) is 13.8. The van der Waals surface area contributed by atoms with Crippen molar-refractivity contribution < 1.29 is 9.59 Å². The summed E-state index contributed by atoms with van der Waals surface area (Å²) in [5.74, 6) is -0.207. The van der Waals surface area contributed by atoms with E-state index in [2.05, 4.69) is 20.7 Å². The molecule has 3 amide bonds. The molecule has 130 valence electrons. The molecule has 26 heavy (non-hydrogen) atoms. The molecule has 1 saturated heterocycles. The Hall–Kier alpha value is -3.68. The van der Waals surface area contributed by atoms with Gasteiger partial charge < -0.3 is 10.6 Å². The van der Waals surface area contributed by atoms with Crippen LogP contribution in [0.2, 0.25) is 0 Å². The van der Waals surface area contributed by atoms with Crippen molar-refractivity contribution in [3.63, 3.8) is 0 Å². The maximum atomic E-state index is 12.4. The maximum absolute atomic E-state index is 12.4. The molecule has 0 unspecified atom stereocenters. The van der Waals surface area contributed by atoms with Crippen LogP contribution < -0.4 is 15.5 Å². The first kappa shape index (κ1) is 15.8. The van der Waals surface area contributed by atoms with E-state index in [4.69, 9.17) is 0 Å². The first-order chi connectivity index (χ1) is 12.7. The molecule has 1 aliphatic rings. The zero-order valence-electron chi connectivity index (χ0n) is 13.8. The molecule has 0 spiro atoms. The summed E-state index contributed by atoms with van der Waals surface area (Å²) in [5.41, 5.74) is 2.83. The molecule has 8 heteroatoms. The summed E-state index contributed by atoms with van der Waals surface area (Å²) in [6, 6.07) is 14.2. The number of benzene rings is 2. The third-order valence-corrected chi connectivity index (χ3v) is 4.11. The lowest BCUT2D eigenvalue weighted by molar-refractivity contribution is 0.102. The van der Waals surface area contributed by atoms with Crippen molar-refractivity contribution in [3.05, 3.63) is 66.7 Å². The number of rotatable bonds is 4. The summed E-state index contributed by atoms with van der Waals surface area (Å²) in [6.07, 6.45) is 3.05. The number of hydrogen-bond acceptors (Lipinski definition) is 4. The molecule has 0 atom stereocenters. The zero-order chi connectivity index (χ0) is 17.9. The molecule has 0 saturated carbocycles. The van der Waals surface area contributed by atoms with E-state index in [-0.39, 0.29) is 11.9 Å². The average molecular weight is 348 g/mol. The summed E-state index contributed by atoms with van der Waals surface area (Å²) in [6.45, 7) is 1.28. The van der Waals surface area contributed by atoms with Gasteiger partial charge in [0.25, 0.3) is 5.91 Å². The van der Waals surface area contributed by atoms with E-state index in [1.807, 2.05) is 12.1 Å². The monoisotopic (exact) mass is 348 g/mol. The van der Waals surface area contributed by atoms with E-state index in [0.717, 1.165) is 11.4 Å². The molecule has 4 rings (SSSR count). The molecular formula is C18H16N6O2. The molecule has 3 aromatic rings. The highest BCUT2D eigenvalue weighted by molar-refractivity contribution is 6.04. The lowest BCUT2D eigenvalue weighted by Gasteiger charge is -2.14. The summed E-state index contributed by atoms with van der Waals surface area (Å²) in [5, 5.41) is 9.65. The van der Waals surface area contributed by atoms with Crippen LogP contribution in [0.4, 0.5) is 16.2 Å². The van der Waals surface area contributed by atoms with Gasteiger partial charge in [-0.25, -0.2) is 14.5 Å². The highest BCUT2D eigenvalue weighted by atomic mass is 16.2. The van der Waals surface area contributed by atoms with E-state index < -0.39 is 0 Å². The topological polar surface area (TPSA) is 92.2 Å². The number of aromatic nitrogens is 3. The van der Waals surface area contributed by atoms with Crippen LogP contribution in [0.5, 0.6) is 0 Å². The van der Waals surface area contributed by atoms with Gasteiger partial charge in [-0.05, 0) is 48.5 Å². The smallest absolute Gasteiger partial charge is 0.321 e. The normalized spacial score (nSPS) is 13.5. The first-order valence-corrected chi connectivity index (χ1v) is 8.12. The predicted molar refractivity (Wildman–Crippen MR) is 96.5 cm³/mol. The van der Waals surface area contributed by atoms with Crippen molar-refractivity contribution in [3.8, 4) is 5.69 Å². The molecule has 1 aromatic heterocycles. The van der Waals surface area contributed by atoms with Crippen LogP contribution >= 0.6 is 0 Å². The van der Waals surface area contributed by atoms with E-state index >= 15 is 0 Å². The second-order valence-corrected chi connectivity index (χ2v) is 5.77. The minimum Gasteiger partial charge on any atom is -0.336 e. The van der Waals surface area contributed by atoms with Crippen LogP contribution in [0.1, 0.15) is 10.4 Å². The van der Waals surface area contributed by atoms with Crippen molar-refractivity contribution in [2.24, 2.45) is 0 Å². The van der Waals surface area contributed by atoms with Crippen LogP contribution in [0.3, 0.4) is 0 Å². The molecule has 2 heterocycles. The van der Waals surface area contributed by atoms with Crippen LogP contribution in [0.25, 0.3) is 5.69 Å². The Labute approximate surface area is 149 Å². The fourth-order valence-corrected chi connectivity index (χ4v) is 2.75. The van der Waals surface area contributed by atoms with Gasteiger partial charge in [0.15, 0.2) is 0 Å². The number of anilines is 2. The van der Waals surface area contributed by atoms with Crippen LogP contribution in [0.15, 0.2) is 61.2 Å². The summed E-state index contributed by atoms with van der Waals surface area (Å²) >= 11 is 0. The van der Waals surface area contributed by atoms with Crippen LogP contribution in [0, 0.1) is 0 Å². The van der Waals surface area contributed by atoms with Gasteiger partial charge in [-0.1, -0.05) is 0 Å². The Balaban J connectivity index is 1.43. The average Bonchev–Trinajstić information content (AvgIpc) is 3.34. The van der Waals surface area contributed by atoms with Gasteiger partial charge in [-0.2, -0.15) is 5.10 Å². The summed E-state index contributed by atoms with van der Waals surface area (Å²) in [4.78, 5) is 29.6. The number of carbonyl (C=O) groups excluding carboxylic acids is 2. The second-order valence-electron chi connectivity index (χ2n) is 5.77. The van der Waals surface area contributed by atoms with E-state index in [1.54, 1.807) is 52.3 Å². The van der Waals surface area contributed by atoms with Gasteiger partial charge in [0.2, 0.25) is 0 Å². The SMILES string of the molecule is O=C(Nc1ccc(N2CCNC2=O)cc1)c1ccc(-n2cncn2)cc1. The number of amides is 3. The lowest BCUT2D eigenvalue weighted by Crippen LogP contribution is -2.27. The van der Waals surface area contributed by atoms with E-state index in [9.17, 15) is 9.59 Å². The molecule has 2 N–H and O–H groups in total. The Morgan fingerprint density at radius 3 is 2.38 bits per heavy atom. The van der Waals surface area contributed by atoms with Gasteiger partial charge in [0.05, 0.1) is 5.69 Å². The Morgan fingerprint density at radius 2 is 1.77 bits per heavy atom. The highest BCUT2D eigenvalue weighted by Gasteiger charge is 2.20. The fraction of sp³-hybridized carbons (Fsp3) is 0.111. The Bertz CT molecular complexity index is 919. The largest absolute Gasteiger partial charge is 0.336 e. The molecule has 1 fully saturated rings. The maximum Gasteiger partial charge on any atom is 0.321 e. The van der Waals surface area contributed by atoms with Gasteiger partial charge in [0.1, 0.15) is 12.7 Å². The minimum atomic E-state index is -0.207. The standard InChI is InChI=1S/C18H16N6O2/c25-17(13-1-5-16(6-2-13)24-12-19-11-21-24)22-14-3-7-15(8-4-14)23-10-9-20-18(23)26/h1-8,11-12H,9-10H2,(H,20,26)(H,22,25). The van der Waals surface area contributed by atoms with Gasteiger partial charge >= 0.3 is 6.03 Å². The van der Waals surface area contributed by atoms with Gasteiger partial charge in [-0.3, -0.25) is 9.69 Å². The predicted octanol–water partition coefficient (Wildman–Crippen LogP) is 2.05. The van der Waals surface area contributed by atoms with Crippen LogP contribution in [-0.2, 0) is 0 Å². The van der Waals surface area contributed by atoms with E-state index in [1.165, 1.54) is 6.33 Å². The van der Waals surface area contributed by atoms with Crippen LogP contribution in [-0.4, -0.2) is 39.8 Å². The van der Waals surface area contributed by atoms with Crippen molar-refractivity contribution in [1.82, 2.24) is 20.1 Å². The molecule has 2 aromatic carbocycles. The molecule has 8 nitrogen and oxygen atoms in total. The van der Waals surface area contributed by atoms with Crippen molar-refractivity contribution >= 4 is 23.3 Å². The fourth-order valence-electron chi connectivity index (χ4n) is 2.75. The molecule has 0 bridgehead atoms. The highest BCUT2D eigenvalue weighted by Crippen LogP contribution is 2.20. The van der Waals surface area contributed by atoms with Crippen molar-refractivity contribution in [1.29, 1.82) is 0 Å². The quantitative estimate of drug-likeness (QED) is 0.755.